The minimum atomic E-state index is 0.0901. The Morgan fingerprint density at radius 1 is 0.457 bits per heavy atom. The van der Waals surface area contributed by atoms with Crippen molar-refractivity contribution in [3.63, 3.8) is 0 Å². The molecule has 0 saturated heterocycles. The summed E-state index contributed by atoms with van der Waals surface area (Å²) in [5, 5.41) is 6.79. The normalized spacial score (nSPS) is 11.0. The summed E-state index contributed by atoms with van der Waals surface area (Å²) in [6.07, 6.45) is 7.04. The van der Waals surface area contributed by atoms with E-state index in [9.17, 15) is 9.59 Å². The minimum Gasteiger partial charge on any atom is -0.356 e. The van der Waals surface area contributed by atoms with E-state index in [4.69, 9.17) is 0 Å². The van der Waals surface area contributed by atoms with E-state index < -0.39 is 0 Å². The zero-order valence-corrected chi connectivity index (χ0v) is 27.9. The molecule has 0 radical (unpaired) electrons. The topological polar surface area (TPSA) is 64.7 Å². The average Bonchev–Trinajstić information content (AvgIpc) is 3.05. The molecule has 0 heterocycles. The number of carbonyl (C=O) groups is 2. The Balaban J connectivity index is 1.14. The molecule has 0 atom stereocenters. The number of carbonyl (C=O) groups excluding carboxylic acids is 2. The monoisotopic (exact) mass is 618 g/mol. The summed E-state index contributed by atoms with van der Waals surface area (Å²) in [7, 11) is 0. The highest BCUT2D eigenvalue weighted by molar-refractivity contribution is 5.94. The minimum absolute atomic E-state index is 0.0901. The highest BCUT2D eigenvalue weighted by Crippen LogP contribution is 2.26. The number of benzene rings is 4. The molecule has 46 heavy (non-hydrogen) atoms. The molecular weight excluding hydrogens is 568 g/mol. The van der Waals surface area contributed by atoms with Gasteiger partial charge in [0.15, 0.2) is 0 Å². The van der Waals surface area contributed by atoms with Crippen molar-refractivity contribution in [1.29, 1.82) is 0 Å². The van der Waals surface area contributed by atoms with Gasteiger partial charge in [0, 0.05) is 59.0 Å². The quantitative estimate of drug-likeness (QED) is 0.116. The molecule has 6 nitrogen and oxygen atoms in total. The van der Waals surface area contributed by atoms with Gasteiger partial charge in [-0.3, -0.25) is 9.59 Å². The van der Waals surface area contributed by atoms with Crippen LogP contribution < -0.4 is 20.4 Å². The van der Waals surface area contributed by atoms with E-state index in [0.29, 0.717) is 12.8 Å². The van der Waals surface area contributed by atoms with E-state index >= 15 is 0 Å². The summed E-state index contributed by atoms with van der Waals surface area (Å²) in [6, 6.07) is 36.5. The summed E-state index contributed by atoms with van der Waals surface area (Å²) in [5.74, 6) is 0.337. The van der Waals surface area contributed by atoms with Gasteiger partial charge in [-0.15, -0.1) is 0 Å². The first-order chi connectivity index (χ1) is 22.3. The Morgan fingerprint density at radius 3 is 1.09 bits per heavy atom. The highest BCUT2D eigenvalue weighted by Gasteiger charge is 2.20. The molecule has 0 fully saturated rings. The van der Waals surface area contributed by atoms with E-state index in [1.165, 1.54) is 0 Å². The zero-order valence-electron chi connectivity index (χ0n) is 27.9. The molecule has 0 aromatic heterocycles. The van der Waals surface area contributed by atoms with Crippen LogP contribution >= 0.6 is 0 Å². The van der Waals surface area contributed by atoms with E-state index in [2.05, 4.69) is 38.3 Å². The molecule has 2 N–H and O–H groups in total. The van der Waals surface area contributed by atoms with Crippen LogP contribution in [0, 0.1) is 0 Å². The van der Waals surface area contributed by atoms with Crippen molar-refractivity contribution in [2.75, 3.05) is 20.4 Å². The summed E-state index contributed by atoms with van der Waals surface area (Å²) in [4.78, 5) is 30.2. The van der Waals surface area contributed by atoms with E-state index in [1.54, 1.807) is 0 Å². The number of unbranched alkanes of at least 4 members (excludes halogenated alkanes) is 5. The predicted octanol–water partition coefficient (Wildman–Crippen LogP) is 10.5. The molecule has 242 valence electrons. The highest BCUT2D eigenvalue weighted by atomic mass is 16.2. The molecule has 4 aromatic carbocycles. The largest absolute Gasteiger partial charge is 0.356 e. The van der Waals surface area contributed by atoms with Gasteiger partial charge < -0.3 is 20.4 Å². The average molecular weight is 619 g/mol. The Bertz CT molecular complexity index is 1350. The fourth-order valence-corrected chi connectivity index (χ4v) is 5.75. The molecule has 2 amide bonds. The Morgan fingerprint density at radius 2 is 0.761 bits per heavy atom. The maximum atomic E-state index is 13.2. The second-order valence-electron chi connectivity index (χ2n) is 12.4. The van der Waals surface area contributed by atoms with Crippen LogP contribution in [0.5, 0.6) is 0 Å². The molecule has 0 aliphatic carbocycles. The molecule has 0 spiro atoms. The number of rotatable bonds is 17. The summed E-state index contributed by atoms with van der Waals surface area (Å²) in [5.41, 5.74) is 5.92. The van der Waals surface area contributed by atoms with Crippen LogP contribution in [0.15, 0.2) is 109 Å². The van der Waals surface area contributed by atoms with Gasteiger partial charge in [-0.05, 0) is 113 Å². The first-order valence-corrected chi connectivity index (χ1v) is 16.8. The van der Waals surface area contributed by atoms with Crippen molar-refractivity contribution in [3.8, 4) is 0 Å². The van der Waals surface area contributed by atoms with Crippen molar-refractivity contribution in [2.24, 2.45) is 0 Å². The molecule has 0 aliphatic heterocycles. The zero-order chi connectivity index (χ0) is 32.7. The van der Waals surface area contributed by atoms with Gasteiger partial charge in [0.1, 0.15) is 0 Å². The number of amides is 2. The lowest BCUT2D eigenvalue weighted by Gasteiger charge is -2.27. The Kier molecular flexibility index (Phi) is 13.3. The maximum absolute atomic E-state index is 13.2. The summed E-state index contributed by atoms with van der Waals surface area (Å²) < 4.78 is 0. The number of hydrogen-bond donors (Lipinski definition) is 2. The Labute approximate surface area is 275 Å². The number of nitrogens with one attached hydrogen (secondary N) is 2. The molecule has 6 heteroatoms. The van der Waals surface area contributed by atoms with Gasteiger partial charge in [0.05, 0.1) is 0 Å². The number of hydrogen-bond acceptors (Lipinski definition) is 4. The van der Waals surface area contributed by atoms with Crippen molar-refractivity contribution in [3.05, 3.63) is 109 Å². The van der Waals surface area contributed by atoms with Gasteiger partial charge in [-0.25, -0.2) is 0 Å². The Hall–Kier alpha value is -4.58. The van der Waals surface area contributed by atoms with Gasteiger partial charge >= 0.3 is 0 Å². The lowest BCUT2D eigenvalue weighted by molar-refractivity contribution is -0.120. The molecular formula is C40H50N4O2. The summed E-state index contributed by atoms with van der Waals surface area (Å²) >= 11 is 0. The standard InChI is InChI=1S/C40H50N4O2/c1-31(2)43(37-27-23-35(24-28-37)41-33-17-11-9-12-18-33)39(45)21-15-7-5-6-8-16-22-40(46)44(32(3)4)38-29-25-36(26-30-38)42-34-19-13-10-14-20-34/h9-14,17-20,23-32,41-42H,5-8,15-16,21-22H2,1-4H3. The van der Waals surface area contributed by atoms with E-state index in [-0.39, 0.29) is 23.9 Å². The molecule has 0 unspecified atom stereocenters. The third-order valence-corrected chi connectivity index (χ3v) is 8.02. The number of para-hydroxylation sites is 2. The fourth-order valence-electron chi connectivity index (χ4n) is 5.75. The smallest absolute Gasteiger partial charge is 0.227 e. The van der Waals surface area contributed by atoms with Crippen LogP contribution in [0.4, 0.5) is 34.1 Å². The van der Waals surface area contributed by atoms with Crippen LogP contribution in [0.25, 0.3) is 0 Å². The molecule has 4 rings (SSSR count). The van der Waals surface area contributed by atoms with Crippen LogP contribution in [-0.2, 0) is 9.59 Å². The first-order valence-electron chi connectivity index (χ1n) is 16.8. The maximum Gasteiger partial charge on any atom is 0.227 e. The third-order valence-electron chi connectivity index (χ3n) is 8.02. The van der Waals surface area contributed by atoms with Gasteiger partial charge in [0.2, 0.25) is 11.8 Å². The van der Waals surface area contributed by atoms with Crippen LogP contribution in [0.3, 0.4) is 0 Å². The predicted molar refractivity (Wildman–Crippen MR) is 195 cm³/mol. The van der Waals surface area contributed by atoms with Gasteiger partial charge in [-0.2, -0.15) is 0 Å². The number of nitrogens with zero attached hydrogens (tertiary/aromatic N) is 2. The van der Waals surface area contributed by atoms with E-state index in [0.717, 1.165) is 72.6 Å². The molecule has 0 saturated carbocycles. The van der Waals surface area contributed by atoms with Gasteiger partial charge in [-0.1, -0.05) is 62.1 Å². The third kappa shape index (κ3) is 10.5. The second-order valence-corrected chi connectivity index (χ2v) is 12.4. The molecule has 0 bridgehead atoms. The van der Waals surface area contributed by atoms with Crippen molar-refractivity contribution >= 4 is 45.9 Å². The first kappa shape index (κ1) is 34.3. The molecule has 4 aromatic rings. The SMILES string of the molecule is CC(C)N(C(=O)CCCCCCCCC(=O)N(c1ccc(Nc2ccccc2)cc1)C(C)C)c1ccc(Nc2ccccc2)cc1. The van der Waals surface area contributed by atoms with Crippen molar-refractivity contribution in [1.82, 2.24) is 0 Å². The van der Waals surface area contributed by atoms with Gasteiger partial charge in [0.25, 0.3) is 0 Å². The van der Waals surface area contributed by atoms with Crippen LogP contribution in [0.1, 0.15) is 79.1 Å². The van der Waals surface area contributed by atoms with Crippen LogP contribution in [0.2, 0.25) is 0 Å². The molecule has 0 aliphatic rings. The fraction of sp³-hybridized carbons (Fsp3) is 0.350. The van der Waals surface area contributed by atoms with Crippen molar-refractivity contribution in [2.45, 2.75) is 91.1 Å². The van der Waals surface area contributed by atoms with Crippen molar-refractivity contribution < 1.29 is 9.59 Å². The van der Waals surface area contributed by atoms with E-state index in [1.807, 2.05) is 119 Å². The lowest BCUT2D eigenvalue weighted by atomic mass is 10.1. The lowest BCUT2D eigenvalue weighted by Crippen LogP contribution is -2.36. The van der Waals surface area contributed by atoms with Crippen LogP contribution in [-0.4, -0.2) is 23.9 Å². The summed E-state index contributed by atoms with van der Waals surface area (Å²) in [6.45, 7) is 8.25. The number of anilines is 6. The second kappa shape index (κ2) is 17.8.